The molecule has 3 amide bonds. The minimum absolute atomic E-state index is 0.0550. The minimum atomic E-state index is -0.905. The quantitative estimate of drug-likeness (QED) is 0.810. The second-order valence-electron chi connectivity index (χ2n) is 7.11. The van der Waals surface area contributed by atoms with Crippen molar-refractivity contribution >= 4 is 17.7 Å². The predicted molar refractivity (Wildman–Crippen MR) is 95.1 cm³/mol. The van der Waals surface area contributed by atoms with Crippen LogP contribution in [0.15, 0.2) is 24.3 Å². The highest BCUT2D eigenvalue weighted by Gasteiger charge is 2.42. The van der Waals surface area contributed by atoms with E-state index in [1.54, 1.807) is 28.0 Å². The number of nitrogens with one attached hydrogen (secondary N) is 1. The summed E-state index contributed by atoms with van der Waals surface area (Å²) in [6.07, 6.45) is 1.04. The van der Waals surface area contributed by atoms with Gasteiger partial charge in [0.1, 0.15) is 5.75 Å². The number of hydrogen-bond donors (Lipinski definition) is 1. The lowest BCUT2D eigenvalue weighted by molar-refractivity contribution is -0.142. The zero-order valence-electron chi connectivity index (χ0n) is 15.1. The van der Waals surface area contributed by atoms with E-state index in [9.17, 15) is 14.4 Å². The van der Waals surface area contributed by atoms with Crippen molar-refractivity contribution in [2.75, 3.05) is 39.4 Å². The van der Waals surface area contributed by atoms with Gasteiger partial charge in [0, 0.05) is 38.9 Å². The van der Waals surface area contributed by atoms with Crippen LogP contribution in [0.25, 0.3) is 0 Å². The van der Waals surface area contributed by atoms with E-state index in [1.165, 1.54) is 0 Å². The molecule has 8 heteroatoms. The maximum Gasteiger partial charge on any atom is 0.258 e. The van der Waals surface area contributed by atoms with Crippen molar-refractivity contribution in [2.45, 2.75) is 25.0 Å². The van der Waals surface area contributed by atoms with Gasteiger partial charge in [0.2, 0.25) is 11.8 Å². The smallest absolute Gasteiger partial charge is 0.258 e. The van der Waals surface area contributed by atoms with Gasteiger partial charge in [-0.2, -0.15) is 0 Å². The highest BCUT2D eigenvalue weighted by atomic mass is 16.5. The van der Waals surface area contributed by atoms with E-state index in [-0.39, 0.29) is 30.7 Å². The monoisotopic (exact) mass is 373 g/mol. The highest BCUT2D eigenvalue weighted by molar-refractivity contribution is 5.98. The molecule has 0 aromatic heterocycles. The minimum Gasteiger partial charge on any atom is -0.467 e. The molecule has 3 aliphatic heterocycles. The van der Waals surface area contributed by atoms with Crippen molar-refractivity contribution in [2.24, 2.45) is 0 Å². The second-order valence-corrected chi connectivity index (χ2v) is 7.11. The van der Waals surface area contributed by atoms with Gasteiger partial charge in [0.15, 0.2) is 5.72 Å². The average Bonchev–Trinajstić information content (AvgIpc) is 2.83. The van der Waals surface area contributed by atoms with Crippen LogP contribution in [0, 0.1) is 0 Å². The maximum atomic E-state index is 12.5. The second kappa shape index (κ2) is 7.19. The molecule has 0 unspecified atom stereocenters. The SMILES string of the molecule is O=C1N[C@@]2(CCC(=O)N(CC(=O)N3CCOCC3)CC2)Oc2ccccc21. The van der Waals surface area contributed by atoms with Gasteiger partial charge in [-0.1, -0.05) is 12.1 Å². The molecule has 27 heavy (non-hydrogen) atoms. The van der Waals surface area contributed by atoms with Crippen molar-refractivity contribution < 1.29 is 23.9 Å². The lowest BCUT2D eigenvalue weighted by Gasteiger charge is -2.38. The van der Waals surface area contributed by atoms with Crippen LogP contribution >= 0.6 is 0 Å². The summed E-state index contributed by atoms with van der Waals surface area (Å²) in [5.41, 5.74) is -0.407. The fraction of sp³-hybridized carbons (Fsp3) is 0.526. The first kappa shape index (κ1) is 17.8. The summed E-state index contributed by atoms with van der Waals surface area (Å²) in [5.74, 6) is 0.181. The zero-order chi connectivity index (χ0) is 18.9. The molecule has 1 spiro atoms. The summed E-state index contributed by atoms with van der Waals surface area (Å²) < 4.78 is 11.4. The number of hydrogen-bond acceptors (Lipinski definition) is 5. The number of nitrogens with zero attached hydrogens (tertiary/aromatic N) is 2. The Morgan fingerprint density at radius 3 is 2.70 bits per heavy atom. The lowest BCUT2D eigenvalue weighted by Crippen LogP contribution is -2.56. The largest absolute Gasteiger partial charge is 0.467 e. The average molecular weight is 373 g/mol. The van der Waals surface area contributed by atoms with Crippen LogP contribution in [-0.2, 0) is 14.3 Å². The third-order valence-corrected chi connectivity index (χ3v) is 5.35. The summed E-state index contributed by atoms with van der Waals surface area (Å²) >= 11 is 0. The molecule has 2 fully saturated rings. The van der Waals surface area contributed by atoms with Crippen molar-refractivity contribution in [1.82, 2.24) is 15.1 Å². The maximum absolute atomic E-state index is 12.5. The molecule has 1 aromatic carbocycles. The van der Waals surface area contributed by atoms with E-state index in [0.29, 0.717) is 57.0 Å². The molecule has 0 bridgehead atoms. The molecule has 3 heterocycles. The van der Waals surface area contributed by atoms with Crippen LogP contribution in [0.4, 0.5) is 0 Å². The fourth-order valence-electron chi connectivity index (χ4n) is 3.76. The van der Waals surface area contributed by atoms with E-state index in [0.717, 1.165) is 0 Å². The molecule has 4 rings (SSSR count). The Kier molecular flexibility index (Phi) is 4.73. The van der Waals surface area contributed by atoms with Gasteiger partial charge < -0.3 is 24.6 Å². The number of morpholine rings is 1. The van der Waals surface area contributed by atoms with Crippen molar-refractivity contribution in [3.8, 4) is 5.75 Å². The number of carbonyl (C=O) groups is 3. The normalized spacial score (nSPS) is 25.5. The Morgan fingerprint density at radius 1 is 1.11 bits per heavy atom. The molecule has 144 valence electrons. The zero-order valence-corrected chi connectivity index (χ0v) is 15.1. The number of fused-ring (bicyclic) bond motifs is 1. The number of benzene rings is 1. The first-order valence-electron chi connectivity index (χ1n) is 9.30. The van der Waals surface area contributed by atoms with Crippen LogP contribution < -0.4 is 10.1 Å². The van der Waals surface area contributed by atoms with Crippen LogP contribution in [0.1, 0.15) is 29.6 Å². The summed E-state index contributed by atoms with van der Waals surface area (Å²) in [7, 11) is 0. The van der Waals surface area contributed by atoms with E-state index >= 15 is 0 Å². The number of carbonyl (C=O) groups excluding carboxylic acids is 3. The number of rotatable bonds is 2. The van der Waals surface area contributed by atoms with E-state index in [1.807, 2.05) is 6.07 Å². The number of para-hydroxylation sites is 1. The van der Waals surface area contributed by atoms with Gasteiger partial charge in [0.05, 0.1) is 25.3 Å². The van der Waals surface area contributed by atoms with Crippen LogP contribution in [-0.4, -0.2) is 72.6 Å². The van der Waals surface area contributed by atoms with Crippen LogP contribution in [0.2, 0.25) is 0 Å². The summed E-state index contributed by atoms with van der Waals surface area (Å²) in [6, 6.07) is 7.09. The Hall–Kier alpha value is -2.61. The molecule has 0 radical (unpaired) electrons. The lowest BCUT2D eigenvalue weighted by atomic mass is 10.0. The molecule has 8 nitrogen and oxygen atoms in total. The number of ether oxygens (including phenoxy) is 2. The van der Waals surface area contributed by atoms with Gasteiger partial charge in [-0.05, 0) is 12.1 Å². The number of amides is 3. The molecular formula is C19H23N3O5. The summed E-state index contributed by atoms with van der Waals surface area (Å²) in [4.78, 5) is 40.8. The van der Waals surface area contributed by atoms with Gasteiger partial charge in [-0.3, -0.25) is 14.4 Å². The predicted octanol–water partition coefficient (Wildman–Crippen LogP) is 0.376. The van der Waals surface area contributed by atoms with Gasteiger partial charge in [-0.25, -0.2) is 0 Å². The molecule has 3 aliphatic rings. The van der Waals surface area contributed by atoms with Crippen molar-refractivity contribution in [3.63, 3.8) is 0 Å². The summed E-state index contributed by atoms with van der Waals surface area (Å²) in [5, 5.41) is 2.93. The van der Waals surface area contributed by atoms with E-state index in [4.69, 9.17) is 9.47 Å². The summed E-state index contributed by atoms with van der Waals surface area (Å²) in [6.45, 7) is 2.59. The first-order valence-corrected chi connectivity index (χ1v) is 9.30. The van der Waals surface area contributed by atoms with E-state index in [2.05, 4.69) is 5.32 Å². The molecule has 2 saturated heterocycles. The Bertz CT molecular complexity index is 761. The Balaban J connectivity index is 1.44. The van der Waals surface area contributed by atoms with Gasteiger partial charge in [0.25, 0.3) is 5.91 Å². The third-order valence-electron chi connectivity index (χ3n) is 5.35. The molecule has 1 atom stereocenters. The van der Waals surface area contributed by atoms with Crippen LogP contribution in [0.5, 0.6) is 5.75 Å². The van der Waals surface area contributed by atoms with Crippen LogP contribution in [0.3, 0.4) is 0 Å². The van der Waals surface area contributed by atoms with Gasteiger partial charge in [-0.15, -0.1) is 0 Å². The van der Waals surface area contributed by atoms with Crippen molar-refractivity contribution in [1.29, 1.82) is 0 Å². The highest BCUT2D eigenvalue weighted by Crippen LogP contribution is 2.33. The molecular weight excluding hydrogens is 350 g/mol. The molecule has 0 saturated carbocycles. The topological polar surface area (TPSA) is 88.2 Å². The Morgan fingerprint density at radius 2 is 1.89 bits per heavy atom. The third kappa shape index (κ3) is 3.62. The van der Waals surface area contributed by atoms with Crippen molar-refractivity contribution in [3.05, 3.63) is 29.8 Å². The fourth-order valence-corrected chi connectivity index (χ4v) is 3.76. The number of likely N-dealkylation sites (tertiary alicyclic amines) is 1. The molecule has 1 N–H and O–H groups in total. The van der Waals surface area contributed by atoms with Gasteiger partial charge >= 0.3 is 0 Å². The first-order chi connectivity index (χ1) is 13.1. The molecule has 0 aliphatic carbocycles. The Labute approximate surface area is 157 Å². The van der Waals surface area contributed by atoms with E-state index < -0.39 is 5.72 Å². The molecule has 1 aromatic rings. The standard InChI is InChI=1S/C19H23N3O5/c23-16-5-6-19(20-18(25)14-3-1-2-4-15(14)27-19)7-8-22(16)13-17(24)21-9-11-26-12-10-21/h1-4H,5-13H2,(H,20,25)/t19-/m0/s1.